The molecule has 1 rings (SSSR count). The standard InChI is InChI=1S/C13H20BrNO2S/c1-10-6-7-11(14)8-12(10)18(16,17)15(5)9-13(2,3)4/h6-8H,9H2,1-5H3. The molecule has 0 fully saturated rings. The van der Waals surface area contributed by atoms with Gasteiger partial charge in [-0.15, -0.1) is 0 Å². The Balaban J connectivity index is 3.17. The molecule has 0 spiro atoms. The van der Waals surface area contributed by atoms with Gasteiger partial charge in [0.1, 0.15) is 0 Å². The van der Waals surface area contributed by atoms with Gasteiger partial charge in [-0.05, 0) is 30.0 Å². The van der Waals surface area contributed by atoms with Crippen molar-refractivity contribution in [3.8, 4) is 0 Å². The van der Waals surface area contributed by atoms with Gasteiger partial charge in [-0.1, -0.05) is 42.8 Å². The van der Waals surface area contributed by atoms with E-state index in [9.17, 15) is 8.42 Å². The van der Waals surface area contributed by atoms with Gasteiger partial charge in [0.15, 0.2) is 0 Å². The van der Waals surface area contributed by atoms with Crippen LogP contribution in [0.2, 0.25) is 0 Å². The first kappa shape index (κ1) is 15.7. The molecule has 0 heterocycles. The van der Waals surface area contributed by atoms with Crippen LogP contribution < -0.4 is 0 Å². The molecule has 0 saturated carbocycles. The van der Waals surface area contributed by atoms with Crippen molar-refractivity contribution in [1.29, 1.82) is 0 Å². The van der Waals surface area contributed by atoms with Crippen LogP contribution in [0.25, 0.3) is 0 Å². The molecular formula is C13H20BrNO2S. The minimum Gasteiger partial charge on any atom is -0.207 e. The summed E-state index contributed by atoms with van der Waals surface area (Å²) in [5, 5.41) is 0. The minimum atomic E-state index is -3.42. The van der Waals surface area contributed by atoms with E-state index < -0.39 is 10.0 Å². The molecule has 0 saturated heterocycles. The Morgan fingerprint density at radius 3 is 2.33 bits per heavy atom. The lowest BCUT2D eigenvalue weighted by Crippen LogP contribution is -2.34. The zero-order valence-electron chi connectivity index (χ0n) is 11.5. The van der Waals surface area contributed by atoms with E-state index in [0.717, 1.165) is 10.0 Å². The van der Waals surface area contributed by atoms with Gasteiger partial charge in [0.2, 0.25) is 10.0 Å². The van der Waals surface area contributed by atoms with Crippen molar-refractivity contribution in [1.82, 2.24) is 4.31 Å². The largest absolute Gasteiger partial charge is 0.243 e. The highest BCUT2D eigenvalue weighted by Gasteiger charge is 2.26. The van der Waals surface area contributed by atoms with E-state index in [-0.39, 0.29) is 5.41 Å². The predicted octanol–water partition coefficient (Wildman–Crippen LogP) is 3.42. The molecule has 0 unspecified atom stereocenters. The molecule has 0 atom stereocenters. The second kappa shape index (κ2) is 5.31. The average molecular weight is 334 g/mol. The predicted molar refractivity (Wildman–Crippen MR) is 78.1 cm³/mol. The molecule has 0 aromatic heterocycles. The normalized spacial score (nSPS) is 13.1. The monoisotopic (exact) mass is 333 g/mol. The van der Waals surface area contributed by atoms with Gasteiger partial charge in [0.25, 0.3) is 0 Å². The summed E-state index contributed by atoms with van der Waals surface area (Å²) in [4.78, 5) is 0.364. The highest BCUT2D eigenvalue weighted by atomic mass is 79.9. The van der Waals surface area contributed by atoms with Gasteiger partial charge in [-0.25, -0.2) is 12.7 Å². The quantitative estimate of drug-likeness (QED) is 0.849. The minimum absolute atomic E-state index is 0.0677. The Morgan fingerprint density at radius 2 is 1.83 bits per heavy atom. The number of hydrogen-bond donors (Lipinski definition) is 0. The molecule has 3 nitrogen and oxygen atoms in total. The van der Waals surface area contributed by atoms with E-state index >= 15 is 0 Å². The molecule has 0 N–H and O–H groups in total. The Hall–Kier alpha value is -0.390. The van der Waals surface area contributed by atoms with Gasteiger partial charge in [0.05, 0.1) is 4.90 Å². The topological polar surface area (TPSA) is 37.4 Å². The summed E-state index contributed by atoms with van der Waals surface area (Å²) in [6.07, 6.45) is 0. The fourth-order valence-corrected chi connectivity index (χ4v) is 3.93. The summed E-state index contributed by atoms with van der Waals surface area (Å²) in [5.41, 5.74) is 0.695. The number of hydrogen-bond acceptors (Lipinski definition) is 2. The summed E-state index contributed by atoms with van der Waals surface area (Å²) in [6.45, 7) is 8.36. The molecule has 0 aliphatic rings. The van der Waals surface area contributed by atoms with Crippen molar-refractivity contribution in [2.75, 3.05) is 13.6 Å². The van der Waals surface area contributed by atoms with Crippen molar-refractivity contribution in [2.45, 2.75) is 32.6 Å². The molecular weight excluding hydrogens is 314 g/mol. The average Bonchev–Trinajstić information content (AvgIpc) is 2.19. The smallest absolute Gasteiger partial charge is 0.207 e. The van der Waals surface area contributed by atoms with Crippen LogP contribution in [-0.2, 0) is 10.0 Å². The van der Waals surface area contributed by atoms with Gasteiger partial charge >= 0.3 is 0 Å². The number of halogens is 1. The zero-order valence-corrected chi connectivity index (χ0v) is 13.9. The molecule has 18 heavy (non-hydrogen) atoms. The molecule has 0 aliphatic carbocycles. The third kappa shape index (κ3) is 3.80. The lowest BCUT2D eigenvalue weighted by atomic mass is 9.97. The fourth-order valence-electron chi connectivity index (χ4n) is 1.77. The van der Waals surface area contributed by atoms with Gasteiger partial charge in [-0.3, -0.25) is 0 Å². The van der Waals surface area contributed by atoms with Crippen LogP contribution in [0.5, 0.6) is 0 Å². The maximum atomic E-state index is 12.5. The molecule has 5 heteroatoms. The molecule has 1 aromatic carbocycles. The molecule has 0 radical (unpaired) electrons. The lowest BCUT2D eigenvalue weighted by molar-refractivity contribution is 0.310. The molecule has 0 aliphatic heterocycles. The van der Waals surface area contributed by atoms with Crippen molar-refractivity contribution < 1.29 is 8.42 Å². The van der Waals surface area contributed by atoms with E-state index in [1.807, 2.05) is 39.8 Å². The highest BCUT2D eigenvalue weighted by Crippen LogP contribution is 2.25. The molecule has 102 valence electrons. The van der Waals surface area contributed by atoms with Crippen LogP contribution in [0.15, 0.2) is 27.6 Å². The molecule has 0 amide bonds. The first-order valence-corrected chi connectivity index (χ1v) is 8.00. The number of benzene rings is 1. The van der Waals surface area contributed by atoms with Crippen molar-refractivity contribution in [3.05, 3.63) is 28.2 Å². The summed E-state index contributed by atoms with van der Waals surface area (Å²) in [5.74, 6) is 0. The third-order valence-corrected chi connectivity index (χ3v) is 4.97. The summed E-state index contributed by atoms with van der Waals surface area (Å²) < 4.78 is 27.2. The maximum absolute atomic E-state index is 12.5. The first-order valence-electron chi connectivity index (χ1n) is 5.76. The summed E-state index contributed by atoms with van der Waals surface area (Å²) >= 11 is 3.32. The van der Waals surface area contributed by atoms with Gasteiger partial charge in [-0.2, -0.15) is 0 Å². The summed E-state index contributed by atoms with van der Waals surface area (Å²) in [6, 6.07) is 5.31. The van der Waals surface area contributed by atoms with Crippen LogP contribution in [0.4, 0.5) is 0 Å². The van der Waals surface area contributed by atoms with Crippen LogP contribution >= 0.6 is 15.9 Å². The van der Waals surface area contributed by atoms with E-state index in [1.54, 1.807) is 13.1 Å². The number of nitrogens with zero attached hydrogens (tertiary/aromatic N) is 1. The Morgan fingerprint density at radius 1 is 1.28 bits per heavy atom. The van der Waals surface area contributed by atoms with Crippen molar-refractivity contribution >= 4 is 26.0 Å². The molecule has 0 bridgehead atoms. The van der Waals surface area contributed by atoms with Crippen LogP contribution in [0.3, 0.4) is 0 Å². The van der Waals surface area contributed by atoms with Crippen LogP contribution in [0, 0.1) is 12.3 Å². The zero-order chi connectivity index (χ0) is 14.1. The first-order chi connectivity index (χ1) is 8.04. The highest BCUT2D eigenvalue weighted by molar-refractivity contribution is 9.10. The second-order valence-corrected chi connectivity index (χ2v) is 8.66. The Bertz CT molecular complexity index is 532. The summed E-state index contributed by atoms with van der Waals surface area (Å²) in [7, 11) is -1.80. The van der Waals surface area contributed by atoms with E-state index in [1.165, 1.54) is 4.31 Å². The lowest BCUT2D eigenvalue weighted by Gasteiger charge is -2.26. The Labute approximate surface area is 118 Å². The Kier molecular flexibility index (Phi) is 4.62. The SMILES string of the molecule is Cc1ccc(Br)cc1S(=O)(=O)N(C)CC(C)(C)C. The second-order valence-electron chi connectivity index (χ2n) is 5.73. The fraction of sp³-hybridized carbons (Fsp3) is 0.538. The van der Waals surface area contributed by atoms with Gasteiger partial charge in [0, 0.05) is 18.1 Å². The van der Waals surface area contributed by atoms with Gasteiger partial charge < -0.3 is 0 Å². The molecule has 1 aromatic rings. The van der Waals surface area contributed by atoms with Crippen molar-refractivity contribution in [3.63, 3.8) is 0 Å². The number of sulfonamides is 1. The maximum Gasteiger partial charge on any atom is 0.243 e. The van der Waals surface area contributed by atoms with E-state index in [4.69, 9.17) is 0 Å². The number of aryl methyl sites for hydroxylation is 1. The van der Waals surface area contributed by atoms with E-state index in [2.05, 4.69) is 15.9 Å². The van der Waals surface area contributed by atoms with Crippen LogP contribution in [-0.4, -0.2) is 26.3 Å². The van der Waals surface area contributed by atoms with Crippen LogP contribution in [0.1, 0.15) is 26.3 Å². The third-order valence-electron chi connectivity index (χ3n) is 2.54. The van der Waals surface area contributed by atoms with Crippen molar-refractivity contribution in [2.24, 2.45) is 5.41 Å². The van der Waals surface area contributed by atoms with E-state index in [0.29, 0.717) is 11.4 Å². The number of rotatable bonds is 3.